The van der Waals surface area contributed by atoms with Crippen LogP contribution in [0.5, 0.6) is 5.75 Å². The number of nitrogens with zero attached hydrogens (tertiary/aromatic N) is 2. The molecule has 0 radical (unpaired) electrons. The van der Waals surface area contributed by atoms with Crippen molar-refractivity contribution in [2.45, 2.75) is 18.7 Å². The number of hydrogen-bond acceptors (Lipinski definition) is 6. The lowest BCUT2D eigenvalue weighted by molar-refractivity contribution is -0.114. The SMILES string of the molecule is CCOc1ccccc1N(CC(=O)Nc1ccc(-c2nc3ccc(C)cc3s2)cc1)S(=O)(=O)c1ccccc1. The standard InChI is InChI=1S/C30H27N3O4S2/c1-3-37-27-12-8-7-11-26(27)33(39(35,36)24-9-5-4-6-10-24)20-29(34)31-23-16-14-22(15-17-23)30-32-25-18-13-21(2)19-28(25)38-30/h4-19H,3,20H2,1-2H3,(H,31,34). The quantitative estimate of drug-likeness (QED) is 0.223. The van der Waals surface area contributed by atoms with Crippen molar-refractivity contribution in [3.8, 4) is 16.3 Å². The monoisotopic (exact) mass is 557 g/mol. The molecule has 4 aromatic carbocycles. The third kappa shape index (κ3) is 5.79. The summed E-state index contributed by atoms with van der Waals surface area (Å²) in [5.41, 5.74) is 3.91. The molecule has 0 bridgehead atoms. The molecule has 39 heavy (non-hydrogen) atoms. The highest BCUT2D eigenvalue weighted by atomic mass is 32.2. The van der Waals surface area contributed by atoms with E-state index in [0.29, 0.717) is 23.7 Å². The molecule has 0 saturated heterocycles. The third-order valence-corrected chi connectivity index (χ3v) is 8.85. The molecular weight excluding hydrogens is 530 g/mol. The minimum Gasteiger partial charge on any atom is -0.492 e. The number of benzene rings is 4. The summed E-state index contributed by atoms with van der Waals surface area (Å²) in [4.78, 5) is 18.0. The van der Waals surface area contributed by atoms with Crippen molar-refractivity contribution >= 4 is 48.9 Å². The minimum atomic E-state index is -4.06. The summed E-state index contributed by atoms with van der Waals surface area (Å²) < 4.78 is 35.2. The van der Waals surface area contributed by atoms with E-state index in [-0.39, 0.29) is 4.90 Å². The molecule has 5 aromatic rings. The molecule has 0 spiro atoms. The lowest BCUT2D eigenvalue weighted by Crippen LogP contribution is -2.38. The second-order valence-electron chi connectivity index (χ2n) is 8.84. The molecule has 0 saturated carbocycles. The van der Waals surface area contributed by atoms with Crippen molar-refractivity contribution in [1.82, 2.24) is 4.98 Å². The molecule has 198 valence electrons. The van der Waals surface area contributed by atoms with Crippen molar-refractivity contribution in [2.75, 3.05) is 22.8 Å². The van der Waals surface area contributed by atoms with E-state index in [0.717, 1.165) is 25.1 Å². The van der Waals surface area contributed by atoms with E-state index < -0.39 is 22.5 Å². The Morgan fingerprint density at radius 3 is 2.41 bits per heavy atom. The zero-order valence-corrected chi connectivity index (χ0v) is 23.1. The minimum absolute atomic E-state index is 0.0829. The molecule has 9 heteroatoms. The lowest BCUT2D eigenvalue weighted by atomic mass is 10.2. The fourth-order valence-corrected chi connectivity index (χ4v) is 6.66. The number of anilines is 2. The molecule has 0 unspecified atom stereocenters. The Morgan fingerprint density at radius 1 is 0.949 bits per heavy atom. The zero-order chi connectivity index (χ0) is 27.4. The highest BCUT2D eigenvalue weighted by Gasteiger charge is 2.29. The average Bonchev–Trinajstić information content (AvgIpc) is 3.36. The van der Waals surface area contributed by atoms with E-state index in [9.17, 15) is 13.2 Å². The number of carbonyl (C=O) groups is 1. The van der Waals surface area contributed by atoms with Crippen molar-refractivity contribution in [2.24, 2.45) is 0 Å². The zero-order valence-electron chi connectivity index (χ0n) is 21.5. The van der Waals surface area contributed by atoms with Crippen LogP contribution < -0.4 is 14.4 Å². The number of hydrogen-bond donors (Lipinski definition) is 1. The van der Waals surface area contributed by atoms with Crippen LogP contribution in [-0.2, 0) is 14.8 Å². The predicted octanol–water partition coefficient (Wildman–Crippen LogP) is 6.50. The topological polar surface area (TPSA) is 88.6 Å². The number of rotatable bonds is 9. The summed E-state index contributed by atoms with van der Waals surface area (Å²) in [7, 11) is -4.06. The number of aromatic nitrogens is 1. The van der Waals surface area contributed by atoms with Gasteiger partial charge >= 0.3 is 0 Å². The van der Waals surface area contributed by atoms with Gasteiger partial charge < -0.3 is 10.1 Å². The fraction of sp³-hybridized carbons (Fsp3) is 0.133. The van der Waals surface area contributed by atoms with E-state index in [4.69, 9.17) is 9.72 Å². The van der Waals surface area contributed by atoms with Gasteiger partial charge in [-0.25, -0.2) is 13.4 Å². The van der Waals surface area contributed by atoms with Gasteiger partial charge in [-0.05, 0) is 80.1 Å². The normalized spacial score (nSPS) is 11.3. The first-order chi connectivity index (χ1) is 18.8. The van der Waals surface area contributed by atoms with Crippen molar-refractivity contribution in [3.63, 3.8) is 0 Å². The van der Waals surface area contributed by atoms with Gasteiger partial charge in [-0.15, -0.1) is 11.3 Å². The molecular formula is C30H27N3O4S2. The van der Waals surface area contributed by atoms with Gasteiger partial charge in [0.25, 0.3) is 10.0 Å². The van der Waals surface area contributed by atoms with E-state index in [1.54, 1.807) is 65.9 Å². The largest absolute Gasteiger partial charge is 0.492 e. The Labute approximate surface area is 231 Å². The summed E-state index contributed by atoms with van der Waals surface area (Å²) in [6.07, 6.45) is 0. The van der Waals surface area contributed by atoms with E-state index >= 15 is 0 Å². The maximum atomic E-state index is 13.7. The van der Waals surface area contributed by atoms with Gasteiger partial charge in [-0.2, -0.15) is 0 Å². The summed E-state index contributed by atoms with van der Waals surface area (Å²) >= 11 is 1.61. The molecule has 1 amide bonds. The summed E-state index contributed by atoms with van der Waals surface area (Å²) in [5.74, 6) is -0.105. The van der Waals surface area contributed by atoms with Crippen LogP contribution in [0, 0.1) is 6.92 Å². The van der Waals surface area contributed by atoms with Crippen molar-refractivity contribution in [3.05, 3.63) is 103 Å². The Balaban J connectivity index is 1.39. The number of sulfonamides is 1. The van der Waals surface area contributed by atoms with Crippen LogP contribution in [0.15, 0.2) is 102 Å². The van der Waals surface area contributed by atoms with Crippen LogP contribution in [0.1, 0.15) is 12.5 Å². The maximum Gasteiger partial charge on any atom is 0.264 e. The second-order valence-corrected chi connectivity index (χ2v) is 11.7. The Kier molecular flexibility index (Phi) is 7.63. The molecule has 0 aliphatic heterocycles. The molecule has 0 atom stereocenters. The Hall–Kier alpha value is -4.21. The van der Waals surface area contributed by atoms with Crippen LogP contribution in [0.2, 0.25) is 0 Å². The van der Waals surface area contributed by atoms with Gasteiger partial charge in [0.1, 0.15) is 17.3 Å². The van der Waals surface area contributed by atoms with Crippen LogP contribution >= 0.6 is 11.3 Å². The van der Waals surface area contributed by atoms with E-state index in [1.807, 2.05) is 31.2 Å². The lowest BCUT2D eigenvalue weighted by Gasteiger charge is -2.26. The van der Waals surface area contributed by atoms with Crippen LogP contribution in [0.25, 0.3) is 20.8 Å². The smallest absolute Gasteiger partial charge is 0.264 e. The van der Waals surface area contributed by atoms with Gasteiger partial charge in [0.15, 0.2) is 0 Å². The van der Waals surface area contributed by atoms with E-state index in [2.05, 4.69) is 18.3 Å². The first kappa shape index (κ1) is 26.4. The first-order valence-electron chi connectivity index (χ1n) is 12.4. The fourth-order valence-electron chi connectivity index (χ4n) is 4.14. The summed E-state index contributed by atoms with van der Waals surface area (Å²) in [6, 6.07) is 28.4. The number of carbonyl (C=O) groups excluding carboxylic acids is 1. The second kappa shape index (κ2) is 11.3. The Bertz CT molecular complexity index is 1720. The maximum absolute atomic E-state index is 13.7. The highest BCUT2D eigenvalue weighted by molar-refractivity contribution is 7.92. The third-order valence-electron chi connectivity index (χ3n) is 6.01. The van der Waals surface area contributed by atoms with Gasteiger partial charge in [0.2, 0.25) is 5.91 Å². The molecule has 7 nitrogen and oxygen atoms in total. The molecule has 0 aliphatic carbocycles. The van der Waals surface area contributed by atoms with Gasteiger partial charge in [-0.1, -0.05) is 36.4 Å². The molecule has 5 rings (SSSR count). The summed E-state index contributed by atoms with van der Waals surface area (Å²) in [5, 5.41) is 3.72. The first-order valence-corrected chi connectivity index (χ1v) is 14.7. The van der Waals surface area contributed by atoms with Gasteiger partial charge in [-0.3, -0.25) is 9.10 Å². The number of fused-ring (bicyclic) bond motifs is 1. The number of amides is 1. The van der Waals surface area contributed by atoms with Gasteiger partial charge in [0.05, 0.1) is 27.4 Å². The number of nitrogens with one attached hydrogen (secondary N) is 1. The Morgan fingerprint density at radius 2 is 1.67 bits per heavy atom. The average molecular weight is 558 g/mol. The van der Waals surface area contributed by atoms with Crippen LogP contribution in [0.3, 0.4) is 0 Å². The molecule has 1 N–H and O–H groups in total. The van der Waals surface area contributed by atoms with Crippen LogP contribution in [-0.4, -0.2) is 32.5 Å². The van der Waals surface area contributed by atoms with Gasteiger partial charge in [0, 0.05) is 11.3 Å². The number of thiazole rings is 1. The molecule has 0 aliphatic rings. The summed E-state index contributed by atoms with van der Waals surface area (Å²) in [6.45, 7) is 3.79. The predicted molar refractivity (Wildman–Crippen MR) is 157 cm³/mol. The number of ether oxygens (including phenoxy) is 1. The molecule has 0 fully saturated rings. The van der Waals surface area contributed by atoms with Crippen molar-refractivity contribution in [1.29, 1.82) is 0 Å². The highest BCUT2D eigenvalue weighted by Crippen LogP contribution is 2.33. The van der Waals surface area contributed by atoms with Crippen LogP contribution in [0.4, 0.5) is 11.4 Å². The van der Waals surface area contributed by atoms with E-state index in [1.165, 1.54) is 17.7 Å². The number of aryl methyl sites for hydroxylation is 1. The molecule has 1 aromatic heterocycles. The number of para-hydroxylation sites is 2. The van der Waals surface area contributed by atoms with Crippen molar-refractivity contribution < 1.29 is 17.9 Å². The molecule has 1 heterocycles.